The summed E-state index contributed by atoms with van der Waals surface area (Å²) in [6.07, 6.45) is 1.38. The number of amides is 2. The second kappa shape index (κ2) is 11.7. The molecule has 3 aromatic carbocycles. The minimum absolute atomic E-state index is 0.103. The topological polar surface area (TPSA) is 91.2 Å². The minimum Gasteiger partial charge on any atom is -0.481 e. The molecule has 0 aliphatic carbocycles. The van der Waals surface area contributed by atoms with E-state index < -0.39 is 5.91 Å². The molecule has 2 amide bonds. The predicted octanol–water partition coefficient (Wildman–Crippen LogP) is 5.23. The average molecular weight is 480 g/mol. The van der Waals surface area contributed by atoms with Crippen LogP contribution < -0.4 is 15.4 Å². The quantitative estimate of drug-likeness (QED) is 0.341. The van der Waals surface area contributed by atoms with Gasteiger partial charge >= 0.3 is 0 Å². The largest absolute Gasteiger partial charge is 0.481 e. The SMILES string of the molecule is N#C/C(=C\c1cc(Cl)c(OCC(=O)Nc2ccccc2)c(Cl)c1)C(=O)NCc1ccccc1. The summed E-state index contributed by atoms with van der Waals surface area (Å²) < 4.78 is 5.48. The van der Waals surface area contributed by atoms with Crippen LogP contribution in [0, 0.1) is 11.3 Å². The van der Waals surface area contributed by atoms with Gasteiger partial charge in [-0.3, -0.25) is 9.59 Å². The molecule has 0 saturated carbocycles. The highest BCUT2D eigenvalue weighted by Crippen LogP contribution is 2.35. The number of nitrogens with zero attached hydrogens (tertiary/aromatic N) is 1. The zero-order chi connectivity index (χ0) is 23.6. The Bertz CT molecular complexity index is 1180. The Kier molecular flexibility index (Phi) is 8.48. The van der Waals surface area contributed by atoms with Gasteiger partial charge in [-0.2, -0.15) is 5.26 Å². The van der Waals surface area contributed by atoms with E-state index in [0.29, 0.717) is 11.3 Å². The first-order chi connectivity index (χ1) is 16.0. The fourth-order valence-electron chi connectivity index (χ4n) is 2.85. The Morgan fingerprint density at radius 1 is 0.970 bits per heavy atom. The van der Waals surface area contributed by atoms with Crippen LogP contribution in [0.25, 0.3) is 6.08 Å². The number of para-hydroxylation sites is 1. The van der Waals surface area contributed by atoms with Gasteiger partial charge in [0.1, 0.15) is 11.6 Å². The Morgan fingerprint density at radius 3 is 2.18 bits per heavy atom. The number of nitriles is 1. The highest BCUT2D eigenvalue weighted by atomic mass is 35.5. The summed E-state index contributed by atoms with van der Waals surface area (Å²) in [6.45, 7) is -0.00706. The Labute approximate surface area is 201 Å². The van der Waals surface area contributed by atoms with Gasteiger partial charge in [-0.15, -0.1) is 0 Å². The molecule has 0 aliphatic heterocycles. The number of carbonyl (C=O) groups excluding carboxylic acids is 2. The van der Waals surface area contributed by atoms with Crippen molar-refractivity contribution in [3.63, 3.8) is 0 Å². The first-order valence-corrected chi connectivity index (χ1v) is 10.6. The lowest BCUT2D eigenvalue weighted by Gasteiger charge is -2.11. The number of carbonyl (C=O) groups is 2. The molecule has 3 aromatic rings. The highest BCUT2D eigenvalue weighted by Gasteiger charge is 2.14. The number of halogens is 2. The molecule has 33 heavy (non-hydrogen) atoms. The van der Waals surface area contributed by atoms with Crippen molar-refractivity contribution >= 4 is 46.8 Å². The van der Waals surface area contributed by atoms with E-state index in [1.54, 1.807) is 24.3 Å². The third-order valence-electron chi connectivity index (χ3n) is 4.40. The second-order valence-corrected chi connectivity index (χ2v) is 7.67. The molecule has 8 heteroatoms. The average Bonchev–Trinajstić information content (AvgIpc) is 2.81. The van der Waals surface area contributed by atoms with Crippen molar-refractivity contribution in [2.45, 2.75) is 6.54 Å². The standard InChI is InChI=1S/C25H19Cl2N3O3/c26-21-12-18(11-19(14-28)25(32)29-15-17-7-3-1-4-8-17)13-22(27)24(21)33-16-23(31)30-20-9-5-2-6-10-20/h1-13H,15-16H2,(H,29,32)(H,30,31)/b19-11+. The van der Waals surface area contributed by atoms with Gasteiger partial charge in [0, 0.05) is 12.2 Å². The molecule has 3 rings (SSSR count). The van der Waals surface area contributed by atoms with Crippen LogP contribution in [0.3, 0.4) is 0 Å². The summed E-state index contributed by atoms with van der Waals surface area (Å²) in [5.74, 6) is -0.767. The van der Waals surface area contributed by atoms with E-state index in [1.165, 1.54) is 18.2 Å². The highest BCUT2D eigenvalue weighted by molar-refractivity contribution is 6.37. The second-order valence-electron chi connectivity index (χ2n) is 6.85. The van der Waals surface area contributed by atoms with Crippen LogP contribution in [0.1, 0.15) is 11.1 Å². The van der Waals surface area contributed by atoms with Crippen LogP contribution >= 0.6 is 23.2 Å². The molecule has 0 unspecified atom stereocenters. The van der Waals surface area contributed by atoms with Gasteiger partial charge in [-0.05, 0) is 41.5 Å². The molecule has 0 fully saturated rings. The Hall–Kier alpha value is -3.79. The fraction of sp³-hybridized carbons (Fsp3) is 0.0800. The summed E-state index contributed by atoms with van der Waals surface area (Å²) in [5, 5.41) is 15.1. The predicted molar refractivity (Wildman–Crippen MR) is 129 cm³/mol. The zero-order valence-electron chi connectivity index (χ0n) is 17.3. The summed E-state index contributed by atoms with van der Waals surface area (Å²) in [4.78, 5) is 24.5. The molecule has 0 radical (unpaired) electrons. The first-order valence-electron chi connectivity index (χ1n) is 9.87. The smallest absolute Gasteiger partial charge is 0.262 e. The number of hydrogen-bond acceptors (Lipinski definition) is 4. The zero-order valence-corrected chi connectivity index (χ0v) is 18.9. The molecule has 0 aliphatic rings. The molecule has 2 N–H and O–H groups in total. The van der Waals surface area contributed by atoms with Crippen molar-refractivity contribution in [2.75, 3.05) is 11.9 Å². The summed E-state index contributed by atoms with van der Waals surface area (Å²) in [5.41, 5.74) is 1.89. The summed E-state index contributed by atoms with van der Waals surface area (Å²) in [6, 6.07) is 23.2. The number of rotatable bonds is 8. The number of anilines is 1. The van der Waals surface area contributed by atoms with E-state index in [0.717, 1.165) is 5.56 Å². The first kappa shape index (κ1) is 23.9. The van der Waals surface area contributed by atoms with Crippen molar-refractivity contribution in [1.82, 2.24) is 5.32 Å². The van der Waals surface area contributed by atoms with Gasteiger partial charge in [0.15, 0.2) is 12.4 Å². The lowest BCUT2D eigenvalue weighted by atomic mass is 10.1. The Balaban J connectivity index is 1.65. The van der Waals surface area contributed by atoms with Crippen LogP contribution in [-0.2, 0) is 16.1 Å². The monoisotopic (exact) mass is 479 g/mol. The van der Waals surface area contributed by atoms with Crippen LogP contribution in [0.2, 0.25) is 10.0 Å². The van der Waals surface area contributed by atoms with E-state index in [-0.39, 0.29) is 40.4 Å². The van der Waals surface area contributed by atoms with E-state index >= 15 is 0 Å². The molecule has 166 valence electrons. The maximum atomic E-state index is 12.4. The van der Waals surface area contributed by atoms with Gasteiger partial charge in [0.25, 0.3) is 11.8 Å². The van der Waals surface area contributed by atoms with Gasteiger partial charge in [-0.1, -0.05) is 71.7 Å². The molecule has 0 bridgehead atoms. The van der Waals surface area contributed by atoms with Gasteiger partial charge in [0.05, 0.1) is 10.0 Å². The van der Waals surface area contributed by atoms with E-state index in [4.69, 9.17) is 27.9 Å². The fourth-order valence-corrected chi connectivity index (χ4v) is 3.46. The van der Waals surface area contributed by atoms with Crippen LogP contribution in [0.4, 0.5) is 5.69 Å². The van der Waals surface area contributed by atoms with Crippen LogP contribution in [-0.4, -0.2) is 18.4 Å². The minimum atomic E-state index is -0.522. The van der Waals surface area contributed by atoms with E-state index in [1.807, 2.05) is 42.5 Å². The van der Waals surface area contributed by atoms with Gasteiger partial charge in [-0.25, -0.2) is 0 Å². The third-order valence-corrected chi connectivity index (χ3v) is 4.96. The van der Waals surface area contributed by atoms with Crippen molar-refractivity contribution in [3.05, 3.63) is 99.5 Å². The van der Waals surface area contributed by atoms with E-state index in [9.17, 15) is 14.9 Å². The van der Waals surface area contributed by atoms with Crippen molar-refractivity contribution < 1.29 is 14.3 Å². The summed E-state index contributed by atoms with van der Waals surface area (Å²) in [7, 11) is 0. The summed E-state index contributed by atoms with van der Waals surface area (Å²) >= 11 is 12.5. The van der Waals surface area contributed by atoms with Crippen molar-refractivity contribution in [1.29, 1.82) is 5.26 Å². The maximum Gasteiger partial charge on any atom is 0.262 e. The molecular formula is C25H19Cl2N3O3. The normalized spacial score (nSPS) is 10.8. The molecule has 6 nitrogen and oxygen atoms in total. The number of hydrogen-bond donors (Lipinski definition) is 2. The molecule has 0 spiro atoms. The maximum absolute atomic E-state index is 12.4. The molecule has 0 atom stereocenters. The van der Waals surface area contributed by atoms with Crippen molar-refractivity contribution in [3.8, 4) is 11.8 Å². The Morgan fingerprint density at radius 2 is 1.58 bits per heavy atom. The molecular weight excluding hydrogens is 461 g/mol. The lowest BCUT2D eigenvalue weighted by molar-refractivity contribution is -0.118. The number of nitrogens with one attached hydrogen (secondary N) is 2. The molecule has 0 saturated heterocycles. The van der Waals surface area contributed by atoms with Gasteiger partial charge < -0.3 is 15.4 Å². The van der Waals surface area contributed by atoms with Crippen LogP contribution in [0.15, 0.2) is 78.4 Å². The van der Waals surface area contributed by atoms with E-state index in [2.05, 4.69) is 10.6 Å². The third kappa shape index (κ3) is 7.11. The van der Waals surface area contributed by atoms with Crippen LogP contribution in [0.5, 0.6) is 5.75 Å². The molecule has 0 heterocycles. The number of benzene rings is 3. The van der Waals surface area contributed by atoms with Gasteiger partial charge in [0.2, 0.25) is 0 Å². The van der Waals surface area contributed by atoms with Crippen molar-refractivity contribution in [2.24, 2.45) is 0 Å². The number of ether oxygens (including phenoxy) is 1. The lowest BCUT2D eigenvalue weighted by Crippen LogP contribution is -2.23. The molecule has 0 aromatic heterocycles.